The number of likely N-dealkylation sites (tertiary alicyclic amines) is 1. The van der Waals surface area contributed by atoms with E-state index in [0.717, 1.165) is 19.4 Å². The lowest BCUT2D eigenvalue weighted by atomic mass is 9.74. The second kappa shape index (κ2) is 6.12. The Morgan fingerprint density at radius 2 is 1.85 bits per heavy atom. The quantitative estimate of drug-likeness (QED) is 0.808. The van der Waals surface area contributed by atoms with Crippen LogP contribution in [0.3, 0.4) is 0 Å². The molecule has 1 saturated heterocycles. The van der Waals surface area contributed by atoms with E-state index in [1.807, 2.05) is 18.7 Å². The Morgan fingerprint density at radius 3 is 2.35 bits per heavy atom. The molecule has 0 aromatic heterocycles. The van der Waals surface area contributed by atoms with E-state index in [0.29, 0.717) is 0 Å². The highest BCUT2D eigenvalue weighted by atomic mass is 16.4. The molecule has 1 aliphatic rings. The molecule has 116 valence electrons. The van der Waals surface area contributed by atoms with E-state index in [-0.39, 0.29) is 18.5 Å². The molecule has 0 saturated carbocycles. The number of amides is 1. The van der Waals surface area contributed by atoms with Crippen LogP contribution < -0.4 is 5.32 Å². The van der Waals surface area contributed by atoms with Gasteiger partial charge in [-0.05, 0) is 53.9 Å². The molecule has 1 unspecified atom stereocenters. The van der Waals surface area contributed by atoms with Gasteiger partial charge in [0.25, 0.3) is 0 Å². The van der Waals surface area contributed by atoms with E-state index >= 15 is 0 Å². The smallest absolute Gasteiger partial charge is 0.310 e. The minimum atomic E-state index is -0.944. The third-order valence-corrected chi connectivity index (χ3v) is 4.90. The molecule has 1 aliphatic heterocycles. The molecule has 0 spiro atoms. The minimum absolute atomic E-state index is 0.0615. The van der Waals surface area contributed by atoms with Gasteiger partial charge >= 0.3 is 5.97 Å². The van der Waals surface area contributed by atoms with Crippen molar-refractivity contribution in [3.05, 3.63) is 0 Å². The fourth-order valence-corrected chi connectivity index (χ4v) is 2.36. The van der Waals surface area contributed by atoms with Crippen molar-refractivity contribution in [2.24, 2.45) is 5.41 Å². The van der Waals surface area contributed by atoms with E-state index in [4.69, 9.17) is 0 Å². The molecule has 1 rings (SSSR count). The molecule has 0 aromatic carbocycles. The maximum absolute atomic E-state index is 12.3. The van der Waals surface area contributed by atoms with Crippen LogP contribution in [0.1, 0.15) is 53.9 Å². The summed E-state index contributed by atoms with van der Waals surface area (Å²) < 4.78 is 0. The summed E-state index contributed by atoms with van der Waals surface area (Å²) in [6.07, 6.45) is 3.28. The lowest BCUT2D eigenvalue weighted by molar-refractivity contribution is -0.151. The molecule has 1 fully saturated rings. The molecule has 5 nitrogen and oxygen atoms in total. The monoisotopic (exact) mass is 284 g/mol. The van der Waals surface area contributed by atoms with E-state index in [1.165, 1.54) is 6.42 Å². The first-order valence-electron chi connectivity index (χ1n) is 7.37. The van der Waals surface area contributed by atoms with E-state index < -0.39 is 16.9 Å². The second-order valence-corrected chi connectivity index (χ2v) is 6.84. The fraction of sp³-hybridized carbons (Fsp3) is 0.867. The zero-order valence-electron chi connectivity index (χ0n) is 13.3. The average Bonchev–Trinajstić information content (AvgIpc) is 2.36. The predicted molar refractivity (Wildman–Crippen MR) is 78.5 cm³/mol. The Balaban J connectivity index is 2.61. The molecule has 0 aliphatic carbocycles. The molecule has 1 amide bonds. The number of carboxylic acid groups (broad SMARTS) is 1. The number of hydrogen-bond donors (Lipinski definition) is 2. The zero-order valence-corrected chi connectivity index (χ0v) is 13.3. The van der Waals surface area contributed by atoms with Gasteiger partial charge in [0.1, 0.15) is 0 Å². The summed E-state index contributed by atoms with van der Waals surface area (Å²) in [6.45, 7) is 10.1. The Kier molecular flexibility index (Phi) is 5.19. The number of carboxylic acids is 1. The van der Waals surface area contributed by atoms with Gasteiger partial charge in [-0.1, -0.05) is 0 Å². The van der Waals surface area contributed by atoms with Gasteiger partial charge in [0.15, 0.2) is 0 Å². The van der Waals surface area contributed by atoms with Crippen LogP contribution in [0.2, 0.25) is 0 Å². The molecule has 1 atom stereocenters. The van der Waals surface area contributed by atoms with Crippen molar-refractivity contribution in [1.29, 1.82) is 0 Å². The lowest BCUT2D eigenvalue weighted by Crippen LogP contribution is -2.58. The summed E-state index contributed by atoms with van der Waals surface area (Å²) in [5.74, 6) is -0.805. The summed E-state index contributed by atoms with van der Waals surface area (Å²) in [7, 11) is 0. The Morgan fingerprint density at radius 1 is 1.25 bits per heavy atom. The number of aliphatic carboxylic acids is 1. The first-order chi connectivity index (χ1) is 9.09. The molecule has 0 bridgehead atoms. The summed E-state index contributed by atoms with van der Waals surface area (Å²) in [5, 5.41) is 12.4. The van der Waals surface area contributed by atoms with Gasteiger partial charge in [-0.2, -0.15) is 0 Å². The zero-order chi connectivity index (χ0) is 15.6. The molecule has 1 heterocycles. The highest BCUT2D eigenvalue weighted by molar-refractivity contribution is 5.79. The Bertz CT molecular complexity index is 377. The van der Waals surface area contributed by atoms with Crippen LogP contribution in [0, 0.1) is 5.41 Å². The van der Waals surface area contributed by atoms with Crippen LogP contribution in [-0.4, -0.2) is 46.6 Å². The van der Waals surface area contributed by atoms with Gasteiger partial charge in [0.05, 0.1) is 12.0 Å². The molecular formula is C15H28N2O3. The fourth-order valence-electron chi connectivity index (χ4n) is 2.36. The van der Waals surface area contributed by atoms with Crippen molar-refractivity contribution >= 4 is 11.9 Å². The topological polar surface area (TPSA) is 69.6 Å². The van der Waals surface area contributed by atoms with E-state index in [2.05, 4.69) is 12.2 Å². The van der Waals surface area contributed by atoms with Gasteiger partial charge in [0, 0.05) is 18.1 Å². The highest BCUT2D eigenvalue weighted by Gasteiger charge is 2.43. The van der Waals surface area contributed by atoms with Gasteiger partial charge in [-0.3, -0.25) is 9.59 Å². The number of piperidine rings is 1. The molecule has 0 radical (unpaired) electrons. The van der Waals surface area contributed by atoms with Crippen molar-refractivity contribution in [2.45, 2.75) is 65.5 Å². The van der Waals surface area contributed by atoms with Gasteiger partial charge in [0.2, 0.25) is 5.91 Å². The Labute approximate surface area is 121 Å². The van der Waals surface area contributed by atoms with Crippen molar-refractivity contribution in [1.82, 2.24) is 10.2 Å². The highest BCUT2D eigenvalue weighted by Crippen LogP contribution is 2.30. The van der Waals surface area contributed by atoms with Crippen LogP contribution in [0.5, 0.6) is 0 Å². The predicted octanol–water partition coefficient (Wildman–Crippen LogP) is 1.87. The summed E-state index contributed by atoms with van der Waals surface area (Å²) >= 11 is 0. The third kappa shape index (κ3) is 3.51. The number of rotatable bonds is 5. The minimum Gasteiger partial charge on any atom is -0.481 e. The maximum Gasteiger partial charge on any atom is 0.310 e. The summed E-state index contributed by atoms with van der Waals surface area (Å²) in [4.78, 5) is 25.5. The molecule has 20 heavy (non-hydrogen) atoms. The SMILES string of the molecule is CC1CCCCN1C(=O)CNC(C)(C)C(C)(C)C(=O)O. The number of hydrogen-bond acceptors (Lipinski definition) is 3. The van der Waals surface area contributed by atoms with Gasteiger partial charge in [-0.15, -0.1) is 0 Å². The number of nitrogens with zero attached hydrogens (tertiary/aromatic N) is 1. The van der Waals surface area contributed by atoms with Crippen molar-refractivity contribution in [3.8, 4) is 0 Å². The molecular weight excluding hydrogens is 256 g/mol. The van der Waals surface area contributed by atoms with Crippen molar-refractivity contribution < 1.29 is 14.7 Å². The first kappa shape index (κ1) is 17.0. The van der Waals surface area contributed by atoms with Crippen LogP contribution in [0.25, 0.3) is 0 Å². The number of carbonyl (C=O) groups is 2. The van der Waals surface area contributed by atoms with Crippen LogP contribution in [0.4, 0.5) is 0 Å². The van der Waals surface area contributed by atoms with Crippen molar-refractivity contribution in [3.63, 3.8) is 0 Å². The van der Waals surface area contributed by atoms with Crippen LogP contribution >= 0.6 is 0 Å². The first-order valence-corrected chi connectivity index (χ1v) is 7.37. The van der Waals surface area contributed by atoms with Gasteiger partial charge in [-0.25, -0.2) is 0 Å². The normalized spacial score (nSPS) is 20.9. The van der Waals surface area contributed by atoms with E-state index in [1.54, 1.807) is 13.8 Å². The lowest BCUT2D eigenvalue weighted by Gasteiger charge is -2.40. The molecule has 5 heteroatoms. The number of carbonyl (C=O) groups excluding carboxylic acids is 1. The average molecular weight is 284 g/mol. The van der Waals surface area contributed by atoms with E-state index in [9.17, 15) is 14.7 Å². The maximum atomic E-state index is 12.3. The Hall–Kier alpha value is -1.10. The summed E-state index contributed by atoms with van der Waals surface area (Å²) in [5.41, 5.74) is -1.60. The standard InChI is InChI=1S/C15H28N2O3/c1-11-8-6-7-9-17(11)12(18)10-16-15(4,5)14(2,3)13(19)20/h11,16H,6-10H2,1-5H3,(H,19,20). The molecule has 0 aromatic rings. The molecule has 2 N–H and O–H groups in total. The van der Waals surface area contributed by atoms with Crippen LogP contribution in [-0.2, 0) is 9.59 Å². The van der Waals surface area contributed by atoms with Crippen LogP contribution in [0.15, 0.2) is 0 Å². The van der Waals surface area contributed by atoms with Crippen molar-refractivity contribution in [2.75, 3.05) is 13.1 Å². The second-order valence-electron chi connectivity index (χ2n) is 6.84. The van der Waals surface area contributed by atoms with Gasteiger partial charge < -0.3 is 15.3 Å². The largest absolute Gasteiger partial charge is 0.481 e. The third-order valence-electron chi connectivity index (χ3n) is 4.90. The summed E-state index contributed by atoms with van der Waals surface area (Å²) in [6, 6.07) is 0.286. The number of nitrogens with one attached hydrogen (secondary N) is 1.